The van der Waals surface area contributed by atoms with Gasteiger partial charge in [-0.3, -0.25) is 0 Å². The van der Waals surface area contributed by atoms with Gasteiger partial charge in [-0.05, 0) is 17.7 Å². The van der Waals surface area contributed by atoms with E-state index in [0.717, 1.165) is 16.8 Å². The van der Waals surface area contributed by atoms with Crippen LogP contribution in [0.5, 0.6) is 0 Å². The molecule has 0 radical (unpaired) electrons. The van der Waals surface area contributed by atoms with Crippen molar-refractivity contribution in [2.45, 2.75) is 0 Å². The van der Waals surface area contributed by atoms with E-state index in [1.54, 1.807) is 29.6 Å². The lowest BCUT2D eigenvalue weighted by Gasteiger charge is -2.10. The Morgan fingerprint density at radius 3 is 2.67 bits per heavy atom. The molecule has 1 aromatic carbocycles. The Balaban J connectivity index is 2.04. The number of hydrogen-bond donors (Lipinski definition) is 0. The minimum absolute atomic E-state index is 0.667. The Hall–Kier alpha value is -2.73. The third kappa shape index (κ3) is 1.96. The number of hydrogen-bond acceptors (Lipinski definition) is 4. The Bertz CT molecular complexity index is 895. The molecule has 0 bridgehead atoms. The maximum atomic E-state index is 5.96. The maximum absolute atomic E-state index is 5.96. The zero-order valence-electron chi connectivity index (χ0n) is 10.8. The fourth-order valence-corrected chi connectivity index (χ4v) is 2.38. The van der Waals surface area contributed by atoms with Crippen LogP contribution in [0, 0.1) is 0 Å². The average molecular weight is 297 g/mol. The van der Waals surface area contributed by atoms with E-state index < -0.39 is 0 Å². The van der Waals surface area contributed by atoms with E-state index in [0.29, 0.717) is 10.7 Å². The number of benzene rings is 1. The molecule has 0 fully saturated rings. The van der Waals surface area contributed by atoms with Gasteiger partial charge in [0.25, 0.3) is 0 Å². The number of nitrogens with zero attached hydrogens (tertiary/aromatic N) is 6. The van der Waals surface area contributed by atoms with Gasteiger partial charge in [0, 0.05) is 23.0 Å². The summed E-state index contributed by atoms with van der Waals surface area (Å²) < 4.78 is 3.53. The normalized spacial score (nSPS) is 11.1. The van der Waals surface area contributed by atoms with Gasteiger partial charge in [-0.1, -0.05) is 23.7 Å². The van der Waals surface area contributed by atoms with E-state index in [4.69, 9.17) is 11.6 Å². The number of rotatable bonds is 2. The van der Waals surface area contributed by atoms with E-state index in [-0.39, 0.29) is 0 Å². The standard InChI is InChI=1S/C14H9ClN6/c15-11-3-1-10(2-4-11)12-7-18-21-9-17-19-14(21)13(12)20-6-5-16-8-20/h1-9H. The lowest BCUT2D eigenvalue weighted by atomic mass is 10.1. The first kappa shape index (κ1) is 12.0. The topological polar surface area (TPSA) is 60.9 Å². The highest BCUT2D eigenvalue weighted by Gasteiger charge is 2.14. The molecule has 4 aromatic rings. The van der Waals surface area contributed by atoms with Crippen molar-refractivity contribution in [3.05, 3.63) is 60.5 Å². The summed E-state index contributed by atoms with van der Waals surface area (Å²) in [7, 11) is 0. The zero-order chi connectivity index (χ0) is 14.2. The van der Waals surface area contributed by atoms with Crippen LogP contribution in [-0.4, -0.2) is 29.4 Å². The number of halogens is 1. The second-order valence-electron chi connectivity index (χ2n) is 4.48. The Labute approximate surface area is 124 Å². The molecule has 7 heteroatoms. The van der Waals surface area contributed by atoms with Crippen molar-refractivity contribution < 1.29 is 0 Å². The van der Waals surface area contributed by atoms with Gasteiger partial charge < -0.3 is 4.57 Å². The van der Waals surface area contributed by atoms with Crippen LogP contribution >= 0.6 is 11.6 Å². The second-order valence-corrected chi connectivity index (χ2v) is 4.92. The van der Waals surface area contributed by atoms with Crippen molar-refractivity contribution in [2.24, 2.45) is 0 Å². The Morgan fingerprint density at radius 2 is 1.90 bits per heavy atom. The molecule has 0 aliphatic carbocycles. The van der Waals surface area contributed by atoms with E-state index in [1.165, 1.54) is 0 Å². The summed E-state index contributed by atoms with van der Waals surface area (Å²) in [6.45, 7) is 0. The molecule has 21 heavy (non-hydrogen) atoms. The lowest BCUT2D eigenvalue weighted by molar-refractivity contribution is 0.911. The van der Waals surface area contributed by atoms with Crippen LogP contribution in [0.3, 0.4) is 0 Å². The predicted molar refractivity (Wildman–Crippen MR) is 78.4 cm³/mol. The van der Waals surface area contributed by atoms with Crippen molar-refractivity contribution in [1.29, 1.82) is 0 Å². The quantitative estimate of drug-likeness (QED) is 0.570. The summed E-state index contributed by atoms with van der Waals surface area (Å²) in [6.07, 6.45) is 8.67. The molecule has 0 aliphatic heterocycles. The van der Waals surface area contributed by atoms with Crippen molar-refractivity contribution in [1.82, 2.24) is 29.4 Å². The third-order valence-electron chi connectivity index (χ3n) is 3.23. The summed E-state index contributed by atoms with van der Waals surface area (Å²) in [4.78, 5) is 4.10. The highest BCUT2D eigenvalue weighted by Crippen LogP contribution is 2.29. The first-order valence-corrected chi connectivity index (χ1v) is 6.64. The molecule has 0 atom stereocenters. The number of fused-ring (bicyclic) bond motifs is 1. The molecule has 0 aliphatic rings. The van der Waals surface area contributed by atoms with Gasteiger partial charge >= 0.3 is 0 Å². The van der Waals surface area contributed by atoms with Crippen LogP contribution in [0.15, 0.2) is 55.5 Å². The van der Waals surface area contributed by atoms with E-state index in [1.807, 2.05) is 35.0 Å². The van der Waals surface area contributed by atoms with Gasteiger partial charge in [-0.15, -0.1) is 10.2 Å². The number of imidazole rings is 1. The largest absolute Gasteiger partial charge is 0.302 e. The van der Waals surface area contributed by atoms with Gasteiger partial charge in [-0.2, -0.15) is 9.61 Å². The summed E-state index contributed by atoms with van der Waals surface area (Å²) in [5, 5.41) is 13.1. The first-order valence-electron chi connectivity index (χ1n) is 6.26. The average Bonchev–Trinajstić information content (AvgIpc) is 3.18. The summed E-state index contributed by atoms with van der Waals surface area (Å²) in [6, 6.07) is 7.60. The fourth-order valence-electron chi connectivity index (χ4n) is 2.26. The highest BCUT2D eigenvalue weighted by molar-refractivity contribution is 6.30. The van der Waals surface area contributed by atoms with Gasteiger partial charge in [0.15, 0.2) is 0 Å². The van der Waals surface area contributed by atoms with Crippen LogP contribution < -0.4 is 0 Å². The van der Waals surface area contributed by atoms with E-state index >= 15 is 0 Å². The monoisotopic (exact) mass is 296 g/mol. The summed E-state index contributed by atoms with van der Waals surface area (Å²) in [5.41, 5.74) is 3.48. The van der Waals surface area contributed by atoms with Gasteiger partial charge in [0.2, 0.25) is 5.65 Å². The highest BCUT2D eigenvalue weighted by atomic mass is 35.5. The lowest BCUT2D eigenvalue weighted by Crippen LogP contribution is -2.02. The van der Waals surface area contributed by atoms with Crippen molar-refractivity contribution in [3.63, 3.8) is 0 Å². The Kier molecular flexibility index (Phi) is 2.68. The molecule has 0 amide bonds. The molecule has 3 aromatic heterocycles. The van der Waals surface area contributed by atoms with Crippen LogP contribution in [0.4, 0.5) is 0 Å². The van der Waals surface area contributed by atoms with Gasteiger partial charge in [0.05, 0.1) is 12.5 Å². The van der Waals surface area contributed by atoms with Crippen LogP contribution in [0.25, 0.3) is 22.5 Å². The minimum Gasteiger partial charge on any atom is -0.302 e. The molecule has 102 valence electrons. The minimum atomic E-state index is 0.667. The van der Waals surface area contributed by atoms with E-state index in [2.05, 4.69) is 20.3 Å². The molecule has 3 heterocycles. The van der Waals surface area contributed by atoms with Crippen molar-refractivity contribution >= 4 is 17.2 Å². The van der Waals surface area contributed by atoms with Crippen LogP contribution in [0.2, 0.25) is 5.02 Å². The predicted octanol–water partition coefficient (Wildman–Crippen LogP) is 2.63. The molecule has 0 unspecified atom stereocenters. The second kappa shape index (κ2) is 4.68. The molecule has 4 rings (SSSR count). The molecule has 0 spiro atoms. The molecule has 0 N–H and O–H groups in total. The van der Waals surface area contributed by atoms with Crippen LogP contribution in [-0.2, 0) is 0 Å². The summed E-state index contributed by atoms with van der Waals surface area (Å²) in [5.74, 6) is 0. The van der Waals surface area contributed by atoms with Gasteiger partial charge in [0.1, 0.15) is 12.0 Å². The molecule has 6 nitrogen and oxygen atoms in total. The maximum Gasteiger partial charge on any atom is 0.202 e. The molecular formula is C14H9ClN6. The van der Waals surface area contributed by atoms with Crippen molar-refractivity contribution in [3.8, 4) is 16.8 Å². The molecule has 0 saturated heterocycles. The fraction of sp³-hybridized carbons (Fsp3) is 0. The van der Waals surface area contributed by atoms with Crippen LogP contribution in [0.1, 0.15) is 0 Å². The molecule has 0 saturated carbocycles. The smallest absolute Gasteiger partial charge is 0.202 e. The van der Waals surface area contributed by atoms with E-state index in [9.17, 15) is 0 Å². The number of aromatic nitrogens is 6. The first-order chi connectivity index (χ1) is 10.3. The third-order valence-corrected chi connectivity index (χ3v) is 3.48. The SMILES string of the molecule is Clc1ccc(-c2cnn3cnnc3c2-n2ccnc2)cc1. The van der Waals surface area contributed by atoms with Crippen molar-refractivity contribution in [2.75, 3.05) is 0 Å². The molecular weight excluding hydrogens is 288 g/mol. The van der Waals surface area contributed by atoms with Gasteiger partial charge in [-0.25, -0.2) is 4.98 Å². The zero-order valence-corrected chi connectivity index (χ0v) is 11.5. The Morgan fingerprint density at radius 1 is 1.05 bits per heavy atom. The summed E-state index contributed by atoms with van der Waals surface area (Å²) >= 11 is 5.96.